The standard InChI is InChI=1S/C3H6N4O2/c1-9-3(8)2(4)6-7-5/h2H,4H2,1H3. The summed E-state index contributed by atoms with van der Waals surface area (Å²) in [6.45, 7) is 0. The van der Waals surface area contributed by atoms with E-state index < -0.39 is 12.1 Å². The fraction of sp³-hybridized carbons (Fsp3) is 0.667. The highest BCUT2D eigenvalue weighted by Gasteiger charge is 2.09. The third-order valence-electron chi connectivity index (χ3n) is 0.619. The molecule has 9 heavy (non-hydrogen) atoms. The van der Waals surface area contributed by atoms with Crippen LogP contribution in [0.5, 0.6) is 0 Å². The van der Waals surface area contributed by atoms with Crippen LogP contribution in [-0.4, -0.2) is 19.2 Å². The third kappa shape index (κ3) is 2.53. The van der Waals surface area contributed by atoms with Crippen LogP contribution in [0.3, 0.4) is 0 Å². The van der Waals surface area contributed by atoms with Gasteiger partial charge in [-0.1, -0.05) is 5.11 Å². The molecule has 0 aliphatic rings. The van der Waals surface area contributed by atoms with Crippen LogP contribution in [0.2, 0.25) is 0 Å². The van der Waals surface area contributed by atoms with E-state index in [2.05, 4.69) is 14.8 Å². The number of esters is 1. The van der Waals surface area contributed by atoms with Crippen molar-refractivity contribution in [3.63, 3.8) is 0 Å². The topological polar surface area (TPSA) is 101 Å². The second-order valence-corrected chi connectivity index (χ2v) is 1.17. The summed E-state index contributed by atoms with van der Waals surface area (Å²) in [4.78, 5) is 12.6. The van der Waals surface area contributed by atoms with E-state index in [0.717, 1.165) is 7.11 Å². The lowest BCUT2D eigenvalue weighted by atomic mass is 10.6. The van der Waals surface area contributed by atoms with Gasteiger partial charge in [-0.15, -0.1) is 0 Å². The Morgan fingerprint density at radius 3 is 2.89 bits per heavy atom. The molecule has 0 saturated heterocycles. The molecule has 0 aromatic carbocycles. The number of rotatable bonds is 2. The van der Waals surface area contributed by atoms with Crippen LogP contribution in [0.4, 0.5) is 0 Å². The minimum atomic E-state index is -1.22. The monoisotopic (exact) mass is 130 g/mol. The van der Waals surface area contributed by atoms with E-state index in [9.17, 15) is 4.79 Å². The summed E-state index contributed by atoms with van der Waals surface area (Å²) in [5, 5.41) is 2.88. The maximum Gasteiger partial charge on any atom is 0.328 e. The first-order valence-corrected chi connectivity index (χ1v) is 2.10. The highest BCUT2D eigenvalue weighted by Crippen LogP contribution is 1.83. The van der Waals surface area contributed by atoms with E-state index in [-0.39, 0.29) is 0 Å². The van der Waals surface area contributed by atoms with Gasteiger partial charge in [-0.3, -0.25) is 4.79 Å². The van der Waals surface area contributed by atoms with Crippen LogP contribution in [0.1, 0.15) is 0 Å². The van der Waals surface area contributed by atoms with Gasteiger partial charge in [0, 0.05) is 4.91 Å². The molecule has 1 unspecified atom stereocenters. The van der Waals surface area contributed by atoms with Gasteiger partial charge in [0.25, 0.3) is 0 Å². The number of hydrogen-bond donors (Lipinski definition) is 1. The molecule has 0 aliphatic heterocycles. The van der Waals surface area contributed by atoms with E-state index in [1.165, 1.54) is 0 Å². The van der Waals surface area contributed by atoms with E-state index in [4.69, 9.17) is 11.3 Å². The first-order valence-electron chi connectivity index (χ1n) is 2.10. The molecule has 0 rings (SSSR count). The maximum absolute atomic E-state index is 10.3. The Kier molecular flexibility index (Phi) is 3.19. The average molecular weight is 130 g/mol. The zero-order valence-corrected chi connectivity index (χ0v) is 4.81. The Bertz CT molecular complexity index is 150. The van der Waals surface area contributed by atoms with Gasteiger partial charge in [0.05, 0.1) is 7.11 Å². The number of carbonyl (C=O) groups is 1. The second kappa shape index (κ2) is 3.71. The summed E-state index contributed by atoms with van der Waals surface area (Å²) in [5.74, 6) is -0.743. The maximum atomic E-state index is 10.3. The van der Waals surface area contributed by atoms with Crippen molar-refractivity contribution < 1.29 is 9.53 Å². The number of ether oxygens (including phenoxy) is 1. The first-order chi connectivity index (χ1) is 4.22. The Hall–Kier alpha value is -1.26. The van der Waals surface area contributed by atoms with Crippen LogP contribution < -0.4 is 5.73 Å². The van der Waals surface area contributed by atoms with Crippen molar-refractivity contribution >= 4 is 5.97 Å². The molecule has 0 aromatic rings. The summed E-state index contributed by atoms with van der Waals surface area (Å²) in [7, 11) is 1.16. The number of nitrogens with zero attached hydrogens (tertiary/aromatic N) is 3. The Morgan fingerprint density at radius 1 is 2.00 bits per heavy atom. The second-order valence-electron chi connectivity index (χ2n) is 1.17. The minimum Gasteiger partial charge on any atom is -0.468 e. The fourth-order valence-corrected chi connectivity index (χ4v) is 0.224. The van der Waals surface area contributed by atoms with Gasteiger partial charge in [-0.25, -0.2) is 0 Å². The van der Waals surface area contributed by atoms with Gasteiger partial charge < -0.3 is 10.5 Å². The summed E-state index contributed by atoms with van der Waals surface area (Å²) >= 11 is 0. The number of methoxy groups -OCH3 is 1. The van der Waals surface area contributed by atoms with Crippen LogP contribution in [0.15, 0.2) is 5.11 Å². The van der Waals surface area contributed by atoms with E-state index in [1.54, 1.807) is 0 Å². The molecular weight excluding hydrogens is 124 g/mol. The number of azide groups is 1. The number of hydrogen-bond acceptors (Lipinski definition) is 4. The fourth-order valence-electron chi connectivity index (χ4n) is 0.224. The molecule has 50 valence electrons. The van der Waals surface area contributed by atoms with Crippen LogP contribution in [0.25, 0.3) is 10.4 Å². The lowest BCUT2D eigenvalue weighted by Gasteiger charge is -1.98. The summed E-state index contributed by atoms with van der Waals surface area (Å²) in [5.41, 5.74) is 12.7. The molecule has 0 fully saturated rings. The predicted molar refractivity (Wildman–Crippen MR) is 29.1 cm³/mol. The average Bonchev–Trinajstić information content (AvgIpc) is 1.87. The first kappa shape index (κ1) is 7.74. The Labute approximate surface area is 51.2 Å². The summed E-state index contributed by atoms with van der Waals surface area (Å²) in [6, 6.07) is 0. The normalized spacial score (nSPS) is 11.3. The molecular formula is C3H6N4O2. The molecule has 0 amide bonds. The van der Waals surface area contributed by atoms with Crippen molar-refractivity contribution in [1.82, 2.24) is 0 Å². The summed E-state index contributed by atoms with van der Waals surface area (Å²) in [6.07, 6.45) is -1.22. The summed E-state index contributed by atoms with van der Waals surface area (Å²) < 4.78 is 4.14. The lowest BCUT2D eigenvalue weighted by molar-refractivity contribution is -0.141. The van der Waals surface area contributed by atoms with Crippen molar-refractivity contribution in [2.75, 3.05) is 7.11 Å². The molecule has 0 heterocycles. The van der Waals surface area contributed by atoms with Gasteiger partial charge in [-0.05, 0) is 5.53 Å². The van der Waals surface area contributed by atoms with E-state index in [0.29, 0.717) is 0 Å². The molecule has 0 spiro atoms. The molecule has 6 nitrogen and oxygen atoms in total. The van der Waals surface area contributed by atoms with Crippen LogP contribution in [-0.2, 0) is 9.53 Å². The van der Waals surface area contributed by atoms with E-state index in [1.807, 2.05) is 0 Å². The molecule has 0 aliphatic carbocycles. The molecule has 1 atom stereocenters. The number of nitrogens with two attached hydrogens (primary N) is 1. The van der Waals surface area contributed by atoms with Gasteiger partial charge in [0.15, 0.2) is 6.17 Å². The smallest absolute Gasteiger partial charge is 0.328 e. The van der Waals surface area contributed by atoms with Gasteiger partial charge in [-0.2, -0.15) is 0 Å². The minimum absolute atomic E-state index is 0.743. The van der Waals surface area contributed by atoms with E-state index >= 15 is 0 Å². The van der Waals surface area contributed by atoms with Crippen LogP contribution in [0, 0.1) is 0 Å². The SMILES string of the molecule is COC(=O)C(N)N=[N+]=[N-]. The van der Waals surface area contributed by atoms with Gasteiger partial charge >= 0.3 is 5.97 Å². The van der Waals surface area contributed by atoms with Crippen molar-refractivity contribution in [3.8, 4) is 0 Å². The van der Waals surface area contributed by atoms with Gasteiger partial charge in [0.1, 0.15) is 0 Å². The molecule has 0 bridgehead atoms. The highest BCUT2D eigenvalue weighted by molar-refractivity contribution is 5.74. The van der Waals surface area contributed by atoms with Crippen LogP contribution >= 0.6 is 0 Å². The lowest BCUT2D eigenvalue weighted by Crippen LogP contribution is -2.28. The zero-order chi connectivity index (χ0) is 7.28. The van der Waals surface area contributed by atoms with Crippen molar-refractivity contribution in [2.24, 2.45) is 10.8 Å². The molecule has 0 saturated carbocycles. The molecule has 0 aromatic heterocycles. The molecule has 0 radical (unpaired) electrons. The largest absolute Gasteiger partial charge is 0.468 e. The van der Waals surface area contributed by atoms with Crippen molar-refractivity contribution in [1.29, 1.82) is 0 Å². The third-order valence-corrected chi connectivity index (χ3v) is 0.619. The zero-order valence-electron chi connectivity index (χ0n) is 4.81. The highest BCUT2D eigenvalue weighted by atomic mass is 16.5. The van der Waals surface area contributed by atoms with Gasteiger partial charge in [0.2, 0.25) is 0 Å². The molecule has 6 heteroatoms. The Morgan fingerprint density at radius 2 is 2.56 bits per heavy atom. The van der Waals surface area contributed by atoms with Crippen molar-refractivity contribution in [3.05, 3.63) is 10.4 Å². The van der Waals surface area contributed by atoms with Crippen molar-refractivity contribution in [2.45, 2.75) is 6.17 Å². The molecule has 2 N–H and O–H groups in total. The quantitative estimate of drug-likeness (QED) is 0.241. The Balaban J connectivity index is 3.87. The number of carbonyl (C=O) groups excluding carboxylic acids is 1. The predicted octanol–water partition coefficient (Wildman–Crippen LogP) is -0.246.